The average molecular weight is 513 g/mol. The quantitative estimate of drug-likeness (QED) is 0.192. The number of carbonyl (C=O) groups excluding carboxylic acids is 2. The predicted molar refractivity (Wildman–Crippen MR) is 162 cm³/mol. The van der Waals surface area contributed by atoms with E-state index in [4.69, 9.17) is 0 Å². The van der Waals surface area contributed by atoms with Crippen molar-refractivity contribution in [3.05, 3.63) is 92.2 Å². The van der Waals surface area contributed by atoms with E-state index in [9.17, 15) is 9.59 Å². The fraction of sp³-hybridized carbons (Fsp3) is 0.500. The maximum Gasteiger partial charge on any atom is 0.186 e. The second-order valence-corrected chi connectivity index (χ2v) is 11.9. The molecule has 204 valence electrons. The van der Waals surface area contributed by atoms with E-state index in [1.807, 2.05) is 0 Å². The van der Waals surface area contributed by atoms with Crippen molar-refractivity contribution in [2.24, 2.45) is 0 Å². The number of hydrogen-bond donors (Lipinski definition) is 0. The lowest BCUT2D eigenvalue weighted by molar-refractivity contribution is -0.116. The standard InChI is InChI=1S/C36H48O2/c1-25(2)11-7-13-27(5)15-9-17-29-19-21-31-33(23-29)35(37)32-22-20-30(24-34(32)36(31)38)18-10-16-28(6)14-8-12-26(3)4/h11-12,15-16,19-20H,7-10,13-14,17-18,21-24H2,1-6H3. The molecule has 0 unspecified atom stereocenters. The van der Waals surface area contributed by atoms with Crippen molar-refractivity contribution in [3.63, 3.8) is 0 Å². The first kappa shape index (κ1) is 29.8. The van der Waals surface area contributed by atoms with Crippen LogP contribution in [0.25, 0.3) is 0 Å². The number of hydrogen-bond acceptors (Lipinski definition) is 2. The zero-order chi connectivity index (χ0) is 27.7. The van der Waals surface area contributed by atoms with Gasteiger partial charge in [-0.25, -0.2) is 0 Å². The Hall–Kier alpha value is -2.74. The molecule has 2 heteroatoms. The van der Waals surface area contributed by atoms with Gasteiger partial charge in [0.2, 0.25) is 0 Å². The zero-order valence-corrected chi connectivity index (χ0v) is 24.8. The summed E-state index contributed by atoms with van der Waals surface area (Å²) in [6.45, 7) is 13.0. The van der Waals surface area contributed by atoms with Gasteiger partial charge in [-0.2, -0.15) is 0 Å². The van der Waals surface area contributed by atoms with Crippen molar-refractivity contribution in [1.29, 1.82) is 0 Å². The van der Waals surface area contributed by atoms with Crippen molar-refractivity contribution in [1.82, 2.24) is 0 Å². The third-order valence-electron chi connectivity index (χ3n) is 7.92. The van der Waals surface area contributed by atoms with Crippen LogP contribution in [0.15, 0.2) is 92.2 Å². The van der Waals surface area contributed by atoms with Crippen molar-refractivity contribution in [3.8, 4) is 0 Å². The second kappa shape index (κ2) is 14.4. The maximum absolute atomic E-state index is 13.4. The predicted octanol–water partition coefficient (Wildman–Crippen LogP) is 10.1. The van der Waals surface area contributed by atoms with Crippen LogP contribution in [0.4, 0.5) is 0 Å². The zero-order valence-electron chi connectivity index (χ0n) is 24.8. The van der Waals surface area contributed by atoms with Crippen LogP contribution in [0, 0.1) is 0 Å². The Bertz CT molecular complexity index is 1080. The van der Waals surface area contributed by atoms with E-state index in [1.54, 1.807) is 0 Å². The first-order valence-electron chi connectivity index (χ1n) is 14.6. The van der Waals surface area contributed by atoms with Crippen LogP contribution in [0.3, 0.4) is 0 Å². The summed E-state index contributed by atoms with van der Waals surface area (Å²) in [5.41, 5.74) is 11.3. The molecule has 0 atom stereocenters. The molecule has 0 aliphatic heterocycles. The van der Waals surface area contributed by atoms with E-state index < -0.39 is 0 Å². The summed E-state index contributed by atoms with van der Waals surface area (Å²) in [6.07, 6.45) is 24.5. The number of Topliss-reactive ketones (excluding diaryl/α,β-unsaturated/α-hetero) is 2. The lowest BCUT2D eigenvalue weighted by Crippen LogP contribution is -2.27. The van der Waals surface area contributed by atoms with Crippen molar-refractivity contribution < 1.29 is 9.59 Å². The fourth-order valence-corrected chi connectivity index (χ4v) is 5.58. The molecule has 0 fully saturated rings. The van der Waals surface area contributed by atoms with Gasteiger partial charge < -0.3 is 0 Å². The summed E-state index contributed by atoms with van der Waals surface area (Å²) in [7, 11) is 0. The Balaban J connectivity index is 1.52. The van der Waals surface area contributed by atoms with Crippen molar-refractivity contribution in [2.75, 3.05) is 0 Å². The van der Waals surface area contributed by atoms with Gasteiger partial charge in [0.25, 0.3) is 0 Å². The van der Waals surface area contributed by atoms with Crippen LogP contribution in [-0.2, 0) is 9.59 Å². The van der Waals surface area contributed by atoms with Crippen LogP contribution in [-0.4, -0.2) is 11.6 Å². The average Bonchev–Trinajstić information content (AvgIpc) is 2.86. The molecule has 3 aliphatic rings. The van der Waals surface area contributed by atoms with Gasteiger partial charge in [0.05, 0.1) is 0 Å². The Morgan fingerprint density at radius 3 is 1.34 bits per heavy atom. The van der Waals surface area contributed by atoms with Gasteiger partial charge in [0, 0.05) is 22.3 Å². The summed E-state index contributed by atoms with van der Waals surface area (Å²) in [5, 5.41) is 0. The van der Waals surface area contributed by atoms with E-state index in [-0.39, 0.29) is 11.6 Å². The minimum absolute atomic E-state index is 0.138. The van der Waals surface area contributed by atoms with Crippen molar-refractivity contribution in [2.45, 2.75) is 119 Å². The molecule has 0 amide bonds. The Morgan fingerprint density at radius 2 is 0.974 bits per heavy atom. The molecule has 0 N–H and O–H groups in total. The van der Waals surface area contributed by atoms with E-state index in [2.05, 4.69) is 78.0 Å². The summed E-state index contributed by atoms with van der Waals surface area (Å²) in [4.78, 5) is 26.9. The van der Waals surface area contributed by atoms with Gasteiger partial charge in [0.1, 0.15) is 0 Å². The third kappa shape index (κ3) is 8.65. The first-order chi connectivity index (χ1) is 18.2. The van der Waals surface area contributed by atoms with Gasteiger partial charge in [-0.15, -0.1) is 0 Å². The highest BCUT2D eigenvalue weighted by Crippen LogP contribution is 2.40. The lowest BCUT2D eigenvalue weighted by atomic mass is 9.73. The molecule has 0 saturated carbocycles. The lowest BCUT2D eigenvalue weighted by Gasteiger charge is -2.29. The van der Waals surface area contributed by atoms with Crippen LogP contribution >= 0.6 is 0 Å². The smallest absolute Gasteiger partial charge is 0.186 e. The Kier molecular flexibility index (Phi) is 11.3. The number of rotatable bonds is 12. The molecule has 0 bridgehead atoms. The van der Waals surface area contributed by atoms with Crippen LogP contribution in [0.5, 0.6) is 0 Å². The van der Waals surface area contributed by atoms with E-state index in [0.717, 1.165) is 73.7 Å². The summed E-state index contributed by atoms with van der Waals surface area (Å²) >= 11 is 0. The highest BCUT2D eigenvalue weighted by atomic mass is 16.1. The molecule has 3 aliphatic carbocycles. The molecule has 0 saturated heterocycles. The van der Waals surface area contributed by atoms with Gasteiger partial charge >= 0.3 is 0 Å². The summed E-state index contributed by atoms with van der Waals surface area (Å²) in [5.74, 6) is 0.276. The Labute approximate surface area is 231 Å². The third-order valence-corrected chi connectivity index (χ3v) is 7.92. The number of ketones is 2. The van der Waals surface area contributed by atoms with Crippen LogP contribution < -0.4 is 0 Å². The molecule has 3 rings (SSSR count). The normalized spacial score (nSPS) is 18.2. The molecule has 0 radical (unpaired) electrons. The first-order valence-corrected chi connectivity index (χ1v) is 14.6. The molecule has 0 aromatic carbocycles. The van der Waals surface area contributed by atoms with Gasteiger partial charge in [0.15, 0.2) is 11.6 Å². The van der Waals surface area contributed by atoms with Gasteiger partial charge in [-0.05, 0) is 119 Å². The molecule has 0 aromatic heterocycles. The Morgan fingerprint density at radius 1 is 0.579 bits per heavy atom. The minimum atomic E-state index is 0.138. The molecule has 0 heterocycles. The largest absolute Gasteiger partial charge is 0.289 e. The van der Waals surface area contributed by atoms with Crippen LogP contribution in [0.1, 0.15) is 119 Å². The summed E-state index contributed by atoms with van der Waals surface area (Å²) < 4.78 is 0. The topological polar surface area (TPSA) is 34.1 Å². The monoisotopic (exact) mass is 512 g/mol. The second-order valence-electron chi connectivity index (χ2n) is 11.9. The van der Waals surface area contributed by atoms with E-state index in [1.165, 1.54) is 33.4 Å². The summed E-state index contributed by atoms with van der Waals surface area (Å²) in [6, 6.07) is 0. The molecular weight excluding hydrogens is 464 g/mol. The SMILES string of the molecule is CC(C)=CCCC(C)=CCCC1=CCC2=C(C1)C(=O)C1=C(CC(CCC=C(C)CCC=C(C)C)=CC1)C2=O. The number of carbonyl (C=O) groups is 2. The van der Waals surface area contributed by atoms with Gasteiger partial charge in [-0.3, -0.25) is 9.59 Å². The highest BCUT2D eigenvalue weighted by molar-refractivity contribution is 6.26. The van der Waals surface area contributed by atoms with E-state index in [0.29, 0.717) is 25.7 Å². The molecule has 0 aromatic rings. The van der Waals surface area contributed by atoms with Gasteiger partial charge in [-0.1, -0.05) is 69.9 Å². The van der Waals surface area contributed by atoms with E-state index >= 15 is 0 Å². The number of allylic oxidation sites excluding steroid dienone is 16. The molecule has 2 nitrogen and oxygen atoms in total. The van der Waals surface area contributed by atoms with Crippen LogP contribution in [0.2, 0.25) is 0 Å². The maximum atomic E-state index is 13.4. The molecule has 0 spiro atoms. The fourth-order valence-electron chi connectivity index (χ4n) is 5.58. The van der Waals surface area contributed by atoms with Crippen molar-refractivity contribution >= 4 is 11.6 Å². The molecule has 38 heavy (non-hydrogen) atoms. The molecular formula is C36H48O2. The highest BCUT2D eigenvalue weighted by Gasteiger charge is 2.36. The minimum Gasteiger partial charge on any atom is -0.289 e.